The minimum atomic E-state index is -1.33. The van der Waals surface area contributed by atoms with Gasteiger partial charge < -0.3 is 14.6 Å². The lowest BCUT2D eigenvalue weighted by molar-refractivity contribution is -0.255. The number of ether oxygens (including phenoxy) is 1. The highest BCUT2D eigenvalue weighted by atomic mass is 16.5. The molecule has 0 fully saturated rings. The molecule has 0 aromatic heterocycles. The molecule has 2 heterocycles. The SMILES string of the molecule is COc1cccc2c1N1C(=O)c3c(C(=O)[O-])cccc3[C@@H]1CC2(C)C. The van der Waals surface area contributed by atoms with Crippen LogP contribution in [-0.2, 0) is 5.41 Å². The van der Waals surface area contributed by atoms with Crippen molar-refractivity contribution >= 4 is 17.6 Å². The Hall–Kier alpha value is -2.82. The highest BCUT2D eigenvalue weighted by Crippen LogP contribution is 2.55. The Morgan fingerprint density at radius 1 is 1.24 bits per heavy atom. The summed E-state index contributed by atoms with van der Waals surface area (Å²) in [6, 6.07) is 10.5. The van der Waals surface area contributed by atoms with Crippen molar-refractivity contribution in [2.75, 3.05) is 12.0 Å². The van der Waals surface area contributed by atoms with Crippen LogP contribution in [0.5, 0.6) is 5.75 Å². The van der Waals surface area contributed by atoms with Crippen molar-refractivity contribution < 1.29 is 19.4 Å². The zero-order valence-electron chi connectivity index (χ0n) is 14.3. The van der Waals surface area contributed by atoms with Crippen LogP contribution in [0.1, 0.15) is 58.2 Å². The number of nitrogens with zero attached hydrogens (tertiary/aromatic N) is 1. The molecule has 0 saturated heterocycles. The van der Waals surface area contributed by atoms with Crippen molar-refractivity contribution in [3.8, 4) is 5.75 Å². The number of amides is 1. The average Bonchev–Trinajstić information content (AvgIpc) is 2.86. The van der Waals surface area contributed by atoms with E-state index in [1.165, 1.54) is 6.07 Å². The Morgan fingerprint density at radius 3 is 2.64 bits per heavy atom. The second-order valence-corrected chi connectivity index (χ2v) is 7.19. The Labute approximate surface area is 145 Å². The second-order valence-electron chi connectivity index (χ2n) is 7.19. The fourth-order valence-electron chi connectivity index (χ4n) is 4.19. The van der Waals surface area contributed by atoms with Crippen molar-refractivity contribution in [3.63, 3.8) is 0 Å². The molecule has 0 bridgehead atoms. The minimum Gasteiger partial charge on any atom is -0.545 e. The van der Waals surface area contributed by atoms with E-state index in [0.29, 0.717) is 12.2 Å². The fraction of sp³-hybridized carbons (Fsp3) is 0.300. The first-order valence-corrected chi connectivity index (χ1v) is 8.22. The molecule has 0 saturated carbocycles. The standard InChI is InChI=1S/C20H19NO4/c1-20(2)10-14-11-6-4-7-12(19(23)24)16(11)18(22)21(14)17-13(20)8-5-9-15(17)25-3/h4-9,14H,10H2,1-3H3,(H,23,24)/p-1/t14-/m0/s1. The zero-order valence-corrected chi connectivity index (χ0v) is 14.3. The normalized spacial score (nSPS) is 19.9. The van der Waals surface area contributed by atoms with Crippen molar-refractivity contribution in [1.29, 1.82) is 0 Å². The van der Waals surface area contributed by atoms with Crippen LogP contribution in [0.15, 0.2) is 36.4 Å². The maximum Gasteiger partial charge on any atom is 0.260 e. The van der Waals surface area contributed by atoms with E-state index in [-0.39, 0.29) is 28.5 Å². The van der Waals surface area contributed by atoms with Crippen LogP contribution in [0.2, 0.25) is 0 Å². The molecule has 2 aromatic rings. The van der Waals surface area contributed by atoms with E-state index in [0.717, 1.165) is 16.8 Å². The van der Waals surface area contributed by atoms with Gasteiger partial charge in [-0.05, 0) is 29.0 Å². The van der Waals surface area contributed by atoms with Gasteiger partial charge in [-0.1, -0.05) is 44.2 Å². The van der Waals surface area contributed by atoms with Gasteiger partial charge in [0.2, 0.25) is 0 Å². The highest BCUT2D eigenvalue weighted by molar-refractivity contribution is 6.17. The van der Waals surface area contributed by atoms with E-state index >= 15 is 0 Å². The van der Waals surface area contributed by atoms with Crippen LogP contribution in [-0.4, -0.2) is 19.0 Å². The smallest absolute Gasteiger partial charge is 0.260 e. The van der Waals surface area contributed by atoms with Gasteiger partial charge in [0, 0.05) is 5.56 Å². The number of rotatable bonds is 2. The molecule has 2 aromatic carbocycles. The summed E-state index contributed by atoms with van der Waals surface area (Å²) in [5.74, 6) is -1.02. The van der Waals surface area contributed by atoms with Crippen LogP contribution in [0.25, 0.3) is 0 Å². The molecule has 1 atom stereocenters. The Balaban J connectivity index is 2.01. The van der Waals surface area contributed by atoms with Gasteiger partial charge >= 0.3 is 0 Å². The number of benzene rings is 2. The Kier molecular flexibility index (Phi) is 3.19. The molecule has 0 radical (unpaired) electrons. The van der Waals surface area contributed by atoms with Crippen molar-refractivity contribution in [2.45, 2.75) is 31.7 Å². The summed E-state index contributed by atoms with van der Waals surface area (Å²) in [6.07, 6.45) is 0.711. The number of anilines is 1. The molecule has 4 rings (SSSR count). The van der Waals surface area contributed by atoms with Gasteiger partial charge in [0.25, 0.3) is 5.91 Å². The number of hydrogen-bond donors (Lipinski definition) is 0. The third-order valence-corrected chi connectivity index (χ3v) is 5.31. The van der Waals surface area contributed by atoms with Crippen LogP contribution < -0.4 is 14.7 Å². The lowest BCUT2D eigenvalue weighted by Crippen LogP contribution is -2.39. The molecule has 0 unspecified atom stereocenters. The molecule has 5 nitrogen and oxygen atoms in total. The summed E-state index contributed by atoms with van der Waals surface area (Å²) in [5.41, 5.74) is 2.52. The van der Waals surface area contributed by atoms with Crippen molar-refractivity contribution in [1.82, 2.24) is 0 Å². The van der Waals surface area contributed by atoms with Gasteiger partial charge in [0.15, 0.2) is 0 Å². The largest absolute Gasteiger partial charge is 0.545 e. The van der Waals surface area contributed by atoms with E-state index in [9.17, 15) is 14.7 Å². The topological polar surface area (TPSA) is 69.7 Å². The first-order chi connectivity index (χ1) is 11.9. The first kappa shape index (κ1) is 15.7. The number of methoxy groups -OCH3 is 1. The minimum absolute atomic E-state index is 0.0499. The number of para-hydroxylation sites is 1. The molecule has 2 aliphatic rings. The summed E-state index contributed by atoms with van der Waals surface area (Å²) in [6.45, 7) is 4.27. The number of carbonyl (C=O) groups excluding carboxylic acids is 2. The molecular weight excluding hydrogens is 318 g/mol. The third-order valence-electron chi connectivity index (χ3n) is 5.31. The number of fused-ring (bicyclic) bond motifs is 5. The van der Waals surface area contributed by atoms with Crippen LogP contribution in [0.3, 0.4) is 0 Å². The van der Waals surface area contributed by atoms with Gasteiger partial charge in [-0.25, -0.2) is 0 Å². The van der Waals surface area contributed by atoms with Gasteiger partial charge in [-0.3, -0.25) is 9.69 Å². The quantitative estimate of drug-likeness (QED) is 0.845. The lowest BCUT2D eigenvalue weighted by atomic mass is 9.74. The number of aromatic carboxylic acids is 1. The fourth-order valence-corrected chi connectivity index (χ4v) is 4.19. The third kappa shape index (κ3) is 2.02. The predicted octanol–water partition coefficient (Wildman–Crippen LogP) is 2.44. The number of hydrogen-bond acceptors (Lipinski definition) is 4. The molecule has 0 spiro atoms. The zero-order chi connectivity index (χ0) is 17.9. The highest BCUT2D eigenvalue weighted by Gasteiger charge is 2.48. The molecule has 0 N–H and O–H groups in total. The summed E-state index contributed by atoms with van der Waals surface area (Å²) < 4.78 is 5.52. The van der Waals surface area contributed by atoms with Crippen LogP contribution in [0, 0.1) is 0 Å². The summed E-state index contributed by atoms with van der Waals surface area (Å²) >= 11 is 0. The van der Waals surface area contributed by atoms with E-state index in [2.05, 4.69) is 13.8 Å². The van der Waals surface area contributed by atoms with E-state index in [4.69, 9.17) is 4.74 Å². The van der Waals surface area contributed by atoms with E-state index < -0.39 is 5.97 Å². The number of carboxylic acid groups (broad SMARTS) is 1. The van der Waals surface area contributed by atoms with Crippen molar-refractivity contribution in [3.05, 3.63) is 58.7 Å². The molecule has 0 aliphatic carbocycles. The maximum atomic E-state index is 13.2. The second kappa shape index (κ2) is 5.09. The average molecular weight is 336 g/mol. The Bertz CT molecular complexity index is 916. The lowest BCUT2D eigenvalue weighted by Gasteiger charge is -2.42. The summed E-state index contributed by atoms with van der Waals surface area (Å²) in [7, 11) is 1.58. The number of carboxylic acids is 1. The first-order valence-electron chi connectivity index (χ1n) is 8.22. The summed E-state index contributed by atoms with van der Waals surface area (Å²) in [5, 5.41) is 11.5. The predicted molar refractivity (Wildman–Crippen MR) is 91.0 cm³/mol. The van der Waals surface area contributed by atoms with Gasteiger partial charge in [0.1, 0.15) is 5.75 Å². The van der Waals surface area contributed by atoms with Crippen LogP contribution in [0.4, 0.5) is 5.69 Å². The van der Waals surface area contributed by atoms with Gasteiger partial charge in [-0.15, -0.1) is 0 Å². The monoisotopic (exact) mass is 336 g/mol. The van der Waals surface area contributed by atoms with Gasteiger partial charge in [0.05, 0.1) is 30.4 Å². The molecule has 25 heavy (non-hydrogen) atoms. The molecule has 128 valence electrons. The van der Waals surface area contributed by atoms with E-state index in [1.54, 1.807) is 18.1 Å². The number of carbonyl (C=O) groups is 2. The molecular formula is C20H18NO4-. The van der Waals surface area contributed by atoms with Crippen molar-refractivity contribution in [2.24, 2.45) is 0 Å². The Morgan fingerprint density at radius 2 is 1.96 bits per heavy atom. The van der Waals surface area contributed by atoms with Gasteiger partial charge in [-0.2, -0.15) is 0 Å². The molecule has 1 amide bonds. The van der Waals surface area contributed by atoms with Crippen LogP contribution >= 0.6 is 0 Å². The summed E-state index contributed by atoms with van der Waals surface area (Å²) in [4.78, 5) is 26.4. The maximum absolute atomic E-state index is 13.2. The molecule has 2 aliphatic heterocycles. The van der Waals surface area contributed by atoms with E-state index in [1.807, 2.05) is 24.3 Å². The molecule has 5 heteroatoms.